The molecule has 0 unspecified atom stereocenters. The first-order chi connectivity index (χ1) is 16.5. The van der Waals surface area contributed by atoms with Crippen molar-refractivity contribution in [2.75, 3.05) is 55.9 Å². The summed E-state index contributed by atoms with van der Waals surface area (Å²) >= 11 is 0. The molecule has 34 heavy (non-hydrogen) atoms. The zero-order valence-corrected chi connectivity index (χ0v) is 18.7. The Hall–Kier alpha value is -3.83. The smallest absolute Gasteiger partial charge is 0.335 e. The standard InChI is InChI=1S/C23H24N6O5/c1-16-3-2-4-17(13-16)18-5-6-28(25-18)20-14-19(26-7-10-33-11-8-26)22(29(31)32)23(24-20)27-9-12-34-15-21(27)30/h2-6,13-14H,7-12,15H2,1H3. The van der Waals surface area contributed by atoms with Gasteiger partial charge in [0, 0.05) is 30.9 Å². The number of hydrogen-bond donors (Lipinski definition) is 0. The number of rotatable bonds is 5. The molecule has 2 fully saturated rings. The minimum atomic E-state index is -0.471. The van der Waals surface area contributed by atoms with Gasteiger partial charge in [-0.3, -0.25) is 19.8 Å². The zero-order valence-electron chi connectivity index (χ0n) is 18.7. The Morgan fingerprint density at radius 2 is 1.85 bits per heavy atom. The number of carbonyl (C=O) groups is 1. The molecule has 0 radical (unpaired) electrons. The van der Waals surface area contributed by atoms with Crippen molar-refractivity contribution in [3.05, 3.63) is 58.3 Å². The first-order valence-electron chi connectivity index (χ1n) is 11.0. The third kappa shape index (κ3) is 4.22. The average molecular weight is 464 g/mol. The highest BCUT2D eigenvalue weighted by atomic mass is 16.6. The Labute approximate surface area is 195 Å². The van der Waals surface area contributed by atoms with Gasteiger partial charge in [0.1, 0.15) is 12.3 Å². The Kier molecular flexibility index (Phi) is 5.95. The minimum Gasteiger partial charge on any atom is -0.378 e. The number of morpholine rings is 2. The van der Waals surface area contributed by atoms with Crippen LogP contribution in [0.5, 0.6) is 0 Å². The van der Waals surface area contributed by atoms with Crippen molar-refractivity contribution in [1.29, 1.82) is 0 Å². The van der Waals surface area contributed by atoms with Gasteiger partial charge < -0.3 is 14.4 Å². The lowest BCUT2D eigenvalue weighted by Gasteiger charge is -2.31. The Morgan fingerprint density at radius 3 is 2.59 bits per heavy atom. The van der Waals surface area contributed by atoms with Gasteiger partial charge in [-0.25, -0.2) is 9.67 Å². The van der Waals surface area contributed by atoms with E-state index < -0.39 is 4.92 Å². The zero-order chi connectivity index (χ0) is 23.7. The van der Waals surface area contributed by atoms with Crippen LogP contribution in [0.3, 0.4) is 0 Å². The number of hydrogen-bond acceptors (Lipinski definition) is 8. The summed E-state index contributed by atoms with van der Waals surface area (Å²) in [4.78, 5) is 32.2. The van der Waals surface area contributed by atoms with Gasteiger partial charge in [-0.05, 0) is 19.1 Å². The molecular weight excluding hydrogens is 440 g/mol. The maximum atomic E-state index is 12.6. The average Bonchev–Trinajstić information content (AvgIpc) is 3.34. The van der Waals surface area contributed by atoms with Crippen molar-refractivity contribution in [2.45, 2.75) is 6.92 Å². The van der Waals surface area contributed by atoms with Gasteiger partial charge in [0.05, 0.1) is 37.0 Å². The van der Waals surface area contributed by atoms with Crippen LogP contribution in [0.1, 0.15) is 5.56 Å². The molecule has 1 aromatic carbocycles. The van der Waals surface area contributed by atoms with Gasteiger partial charge >= 0.3 is 5.69 Å². The number of carbonyl (C=O) groups excluding carboxylic acids is 1. The molecule has 0 N–H and O–H groups in total. The van der Waals surface area contributed by atoms with E-state index >= 15 is 0 Å². The van der Waals surface area contributed by atoms with Crippen LogP contribution in [0.25, 0.3) is 17.1 Å². The summed E-state index contributed by atoms with van der Waals surface area (Å²) in [5.74, 6) is 0.0260. The summed E-state index contributed by atoms with van der Waals surface area (Å²) in [6, 6.07) is 11.5. The largest absolute Gasteiger partial charge is 0.378 e. The van der Waals surface area contributed by atoms with E-state index in [1.807, 2.05) is 42.2 Å². The molecule has 2 aromatic heterocycles. The van der Waals surface area contributed by atoms with Crippen molar-refractivity contribution in [3.63, 3.8) is 0 Å². The normalized spacial score (nSPS) is 16.7. The van der Waals surface area contributed by atoms with Crippen molar-refractivity contribution in [3.8, 4) is 17.1 Å². The van der Waals surface area contributed by atoms with E-state index in [2.05, 4.69) is 10.1 Å². The summed E-state index contributed by atoms with van der Waals surface area (Å²) < 4.78 is 12.2. The Morgan fingerprint density at radius 1 is 1.06 bits per heavy atom. The molecule has 2 aliphatic heterocycles. The third-order valence-corrected chi connectivity index (χ3v) is 5.85. The van der Waals surface area contributed by atoms with E-state index in [4.69, 9.17) is 9.47 Å². The van der Waals surface area contributed by atoms with Crippen LogP contribution in [0, 0.1) is 17.0 Å². The molecule has 0 atom stereocenters. The first-order valence-corrected chi connectivity index (χ1v) is 11.0. The summed E-state index contributed by atoms with van der Waals surface area (Å²) in [7, 11) is 0. The first kappa shape index (κ1) is 22.0. The molecule has 2 aliphatic rings. The highest BCUT2D eigenvalue weighted by molar-refractivity contribution is 5.97. The topological polar surface area (TPSA) is 116 Å². The van der Waals surface area contributed by atoms with Gasteiger partial charge in [0.15, 0.2) is 5.82 Å². The summed E-state index contributed by atoms with van der Waals surface area (Å²) in [5.41, 5.74) is 3.01. The van der Waals surface area contributed by atoms with Crippen LogP contribution in [-0.2, 0) is 14.3 Å². The van der Waals surface area contributed by atoms with E-state index in [9.17, 15) is 14.9 Å². The van der Waals surface area contributed by atoms with E-state index in [1.54, 1.807) is 16.9 Å². The van der Waals surface area contributed by atoms with Gasteiger partial charge in [-0.1, -0.05) is 23.8 Å². The summed E-state index contributed by atoms with van der Waals surface area (Å²) in [5, 5.41) is 16.9. The molecule has 3 aromatic rings. The number of nitrogens with zero attached hydrogens (tertiary/aromatic N) is 6. The molecule has 0 aliphatic carbocycles. The monoisotopic (exact) mass is 464 g/mol. The van der Waals surface area contributed by atoms with E-state index in [-0.39, 0.29) is 37.2 Å². The summed E-state index contributed by atoms with van der Waals surface area (Å²) in [6.07, 6.45) is 1.76. The maximum Gasteiger partial charge on any atom is 0.335 e. The number of aromatic nitrogens is 3. The molecular formula is C23H24N6O5. The van der Waals surface area contributed by atoms with Crippen LogP contribution in [0.4, 0.5) is 17.2 Å². The summed E-state index contributed by atoms with van der Waals surface area (Å²) in [6.45, 7) is 4.24. The fourth-order valence-electron chi connectivity index (χ4n) is 4.18. The van der Waals surface area contributed by atoms with E-state index in [1.165, 1.54) is 4.90 Å². The Balaban J connectivity index is 1.65. The lowest BCUT2D eigenvalue weighted by Crippen LogP contribution is -2.43. The number of aryl methyl sites for hydroxylation is 1. The fraction of sp³-hybridized carbons (Fsp3) is 0.348. The van der Waals surface area contributed by atoms with Crippen LogP contribution < -0.4 is 9.80 Å². The number of amides is 1. The van der Waals surface area contributed by atoms with Crippen LogP contribution >= 0.6 is 0 Å². The molecule has 0 saturated carbocycles. The van der Waals surface area contributed by atoms with Gasteiger partial charge in [-0.2, -0.15) is 5.10 Å². The lowest BCUT2D eigenvalue weighted by molar-refractivity contribution is -0.383. The molecule has 4 heterocycles. The molecule has 176 valence electrons. The SMILES string of the molecule is Cc1cccc(-c2ccn(-c3cc(N4CCOCC4)c([N+](=O)[O-])c(N4CCOCC4=O)n3)n2)c1. The fourth-order valence-corrected chi connectivity index (χ4v) is 4.18. The quantitative estimate of drug-likeness (QED) is 0.417. The second-order valence-corrected chi connectivity index (χ2v) is 8.14. The van der Waals surface area contributed by atoms with E-state index in [0.29, 0.717) is 37.8 Å². The second-order valence-electron chi connectivity index (χ2n) is 8.14. The molecule has 1 amide bonds. The number of anilines is 2. The predicted octanol–water partition coefficient (Wildman–Crippen LogP) is 2.35. The van der Waals surface area contributed by atoms with Crippen molar-refractivity contribution in [2.24, 2.45) is 0 Å². The van der Waals surface area contributed by atoms with E-state index in [0.717, 1.165) is 16.8 Å². The lowest BCUT2D eigenvalue weighted by atomic mass is 10.1. The number of nitro groups is 1. The molecule has 11 heteroatoms. The molecule has 11 nitrogen and oxygen atoms in total. The molecule has 0 spiro atoms. The Bertz CT molecular complexity index is 1240. The van der Waals surface area contributed by atoms with Crippen molar-refractivity contribution < 1.29 is 19.2 Å². The van der Waals surface area contributed by atoms with Crippen LogP contribution in [0.2, 0.25) is 0 Å². The third-order valence-electron chi connectivity index (χ3n) is 5.85. The van der Waals surface area contributed by atoms with Crippen LogP contribution in [0.15, 0.2) is 42.6 Å². The minimum absolute atomic E-state index is 0.00453. The maximum absolute atomic E-state index is 12.6. The predicted molar refractivity (Wildman–Crippen MR) is 124 cm³/mol. The van der Waals surface area contributed by atoms with Crippen molar-refractivity contribution >= 4 is 23.1 Å². The molecule has 0 bridgehead atoms. The number of pyridine rings is 1. The molecule has 5 rings (SSSR count). The number of ether oxygens (including phenoxy) is 2. The highest BCUT2D eigenvalue weighted by Gasteiger charge is 2.34. The van der Waals surface area contributed by atoms with Gasteiger partial charge in [0.2, 0.25) is 5.82 Å². The second kappa shape index (κ2) is 9.20. The van der Waals surface area contributed by atoms with Gasteiger partial charge in [-0.15, -0.1) is 0 Å². The van der Waals surface area contributed by atoms with Gasteiger partial charge in [0.25, 0.3) is 5.91 Å². The number of benzene rings is 1. The van der Waals surface area contributed by atoms with Crippen molar-refractivity contribution in [1.82, 2.24) is 14.8 Å². The molecule has 2 saturated heterocycles. The highest BCUT2D eigenvalue weighted by Crippen LogP contribution is 2.39. The van der Waals surface area contributed by atoms with Crippen LogP contribution in [-0.4, -0.2) is 71.7 Å².